The number of hydrogen-bond donors (Lipinski definition) is 19. The molecule has 0 spiro atoms. The van der Waals surface area contributed by atoms with Crippen LogP contribution in [0.5, 0.6) is 46.0 Å². The Bertz CT molecular complexity index is 4750. The van der Waals surface area contributed by atoms with E-state index in [4.69, 9.17) is 69.0 Å². The number of nitrogens with two attached hydrogens (primary N) is 1. The zero-order valence-corrected chi connectivity index (χ0v) is 66.1. The smallest absolute Gasteiger partial charge is 0.322 e. The molecule has 0 radical (unpaired) electrons. The van der Waals surface area contributed by atoms with Crippen molar-refractivity contribution in [3.05, 3.63) is 146 Å². The number of carboxylic acids is 1. The molecule has 38 heteroatoms. The molecule has 0 saturated carbocycles. The Morgan fingerprint density at radius 1 is 0.684 bits per heavy atom. The number of phenols is 3. The second kappa shape index (κ2) is 37.1. The lowest BCUT2D eigenvalue weighted by Crippen LogP contribution is -2.64. The lowest BCUT2D eigenvalue weighted by Gasteiger charge is -2.48. The number of rotatable bonds is 21. The summed E-state index contributed by atoms with van der Waals surface area (Å²) in [5.74, 6) is -17.2. The first kappa shape index (κ1) is 87.5. The Morgan fingerprint density at radius 3 is 1.89 bits per heavy atom. The van der Waals surface area contributed by atoms with Gasteiger partial charge in [0.15, 0.2) is 23.9 Å². The predicted molar refractivity (Wildman–Crippen MR) is 416 cm³/mol. The fraction of sp³-hybridized carbons (Fsp3) is 0.430. The molecule has 7 heterocycles. The number of anilines is 1. The normalized spacial score (nSPS) is 27.0. The van der Waals surface area contributed by atoms with Crippen molar-refractivity contribution >= 4 is 93.7 Å². The molecule has 6 aromatic rings. The van der Waals surface area contributed by atoms with Crippen molar-refractivity contribution in [2.45, 2.75) is 183 Å². The summed E-state index contributed by atoms with van der Waals surface area (Å²) in [5.41, 5.74) is 2.17. The molecule has 20 N–H and O–H groups in total. The van der Waals surface area contributed by atoms with Gasteiger partial charge >= 0.3 is 5.97 Å². The number of nitrogens with zero attached hydrogens (tertiary/aromatic N) is 1. The summed E-state index contributed by atoms with van der Waals surface area (Å²) in [6.07, 6.45) is -17.6. The van der Waals surface area contributed by atoms with Crippen LogP contribution in [0.3, 0.4) is 0 Å². The number of aliphatic carboxylic acids is 1. The number of fused-ring (bicyclic) bond motifs is 15. The highest BCUT2D eigenvalue weighted by atomic mass is 35.5. The van der Waals surface area contributed by atoms with Gasteiger partial charge in [-0.2, -0.15) is 0 Å². The summed E-state index contributed by atoms with van der Waals surface area (Å²) >= 11 is 20.6. The number of nitrogens with one attached hydrogen (secondary N) is 8. The summed E-state index contributed by atoms with van der Waals surface area (Å²) in [4.78, 5) is 135. The summed E-state index contributed by atoms with van der Waals surface area (Å²) in [5, 5.41) is 136. The molecule has 7 aliphatic heterocycles. The van der Waals surface area contributed by atoms with Gasteiger partial charge in [-0.15, -0.1) is 0 Å². The number of aliphatic hydroxyl groups is 6. The topological polar surface area (TPSA) is 537 Å². The number of carboxylic acid groups (broad SMARTS) is 1. The maximum Gasteiger partial charge on any atom is 0.322 e. The third-order valence-electron chi connectivity index (χ3n) is 20.5. The zero-order chi connectivity index (χ0) is 84.9. The van der Waals surface area contributed by atoms with Gasteiger partial charge in [-0.05, 0) is 159 Å². The van der Waals surface area contributed by atoms with E-state index < -0.39 is 250 Å². The molecule has 6 aromatic carbocycles. The van der Waals surface area contributed by atoms with Crippen LogP contribution in [0.2, 0.25) is 15.1 Å². The fourth-order valence-corrected chi connectivity index (χ4v) is 15.3. The summed E-state index contributed by atoms with van der Waals surface area (Å²) in [6, 6.07) is 5.95. The third-order valence-corrected chi connectivity index (χ3v) is 21.4. The number of halogens is 3. The summed E-state index contributed by atoms with van der Waals surface area (Å²) in [6.45, 7) is 9.59. The Kier molecular flexibility index (Phi) is 27.7. The van der Waals surface area contributed by atoms with E-state index in [1.807, 2.05) is 32.6 Å². The molecule has 18 atom stereocenters. The standard InChI is InChI=1S/C79H91Cl3N10O25/c1-7-19-92(20-8-2)47(21-33(3)4)72(106)89-62-64(100)36-10-17-50(44(81)23-36)113-52-25-38-26-53(68(52)117-78-69(67(103)66(102)54(32-93)115-78)116-57-30-79(6,70(104)34(5)112-57)91-40-14-12-39(80)13-15-40)114-51-18-11-37(24-45(51)82)65(101)63-77(111)88-61(73(107)84-31-56(98)99)43-27-41(94)28-49(96)58(43)42-22-35(9-16-48(42)95)59(74(108)90-63)87-75(109)60(38)86-71(105)46(29-55(83)97)85-76(62)110/h9-18,22-28,33-34,46-47,54,57,59-67,69-70,78,91,93-96,100-104H,7-8,19-21,29-32H2,1-6H3,(H2,83,97)(H,84,107)(H,85,110)(H,86,105)(H,87,109)(H,88,111)(H,89,106)(H,90,108)(H,98,99)/t34-,46-,47+,54-,57-,59+,60+,61-,62+,63-,64+,65+,66+,67-,69-,70+,78-,79-/m0/s1. The highest BCUT2D eigenvalue weighted by Gasteiger charge is 2.53. The number of amides is 8. The van der Waals surface area contributed by atoms with Gasteiger partial charge in [-0.3, -0.25) is 48.1 Å². The van der Waals surface area contributed by atoms with Crippen molar-refractivity contribution in [1.82, 2.24) is 42.1 Å². The minimum Gasteiger partial charge on any atom is -0.508 e. The Morgan fingerprint density at radius 2 is 1.29 bits per heavy atom. The van der Waals surface area contributed by atoms with Crippen LogP contribution in [0.25, 0.3) is 11.1 Å². The number of aromatic hydroxyl groups is 3. The maximum absolute atomic E-state index is 16.3. The molecule has 0 unspecified atom stereocenters. The molecule has 0 aromatic heterocycles. The first-order chi connectivity index (χ1) is 55.5. The summed E-state index contributed by atoms with van der Waals surface area (Å²) < 4.78 is 39.4. The van der Waals surface area contributed by atoms with Crippen LogP contribution in [0, 0.1) is 5.92 Å². The molecule has 2 fully saturated rings. The Labute approximate surface area is 684 Å². The number of benzene rings is 6. The van der Waals surface area contributed by atoms with Crippen molar-refractivity contribution in [2.24, 2.45) is 11.7 Å². The average molecular weight is 1690 g/mol. The van der Waals surface area contributed by atoms with Crippen LogP contribution in [0.15, 0.2) is 103 Å². The van der Waals surface area contributed by atoms with Crippen LogP contribution in [-0.2, 0) is 57.4 Å². The lowest BCUT2D eigenvalue weighted by atomic mass is 9.84. The number of hydrogen-bond acceptors (Lipinski definition) is 26. The SMILES string of the molecule is CCCN(CCC)[C@H](CC(C)C)C(=O)N[C@H]1C(=O)N[C@@H](CC(N)=O)C(=O)N[C@H]2C(=O)N[C@H]3C(=O)N[C@H](C(=O)N[C@H](C(=O)NCC(=O)O)c4cc(O)cc(O)c4-c4cc3ccc4O)[C@H](O)c3ccc(c(Cl)c3)Oc3cc2cc(c3O[C@@H]2O[C@@H](CO)[C@@H](O)[C@H](O)[C@@H]2O[C@H]2C[C@](C)(Nc3ccc(Cl)cc3)[C@H](O)[C@H](C)O2)Oc2ccc(cc2Cl)[C@H]1O. The quantitative estimate of drug-likeness (QED) is 0.0485. The number of ether oxygens (including phenoxy) is 6. The number of phenolic OH excluding ortho intramolecular Hbond substituents is 3. The van der Waals surface area contributed by atoms with Gasteiger partial charge in [0.2, 0.25) is 59.3 Å². The number of carbonyl (C=O) groups is 9. The minimum atomic E-state index is -2.39. The molecule has 7 aliphatic rings. The first-order valence-corrected chi connectivity index (χ1v) is 38.7. The van der Waals surface area contributed by atoms with Gasteiger partial charge in [-0.1, -0.05) is 80.7 Å². The number of aliphatic hydroxyl groups excluding tert-OH is 6. The molecule has 2 saturated heterocycles. The molecule has 8 amide bonds. The van der Waals surface area contributed by atoms with E-state index in [0.717, 1.165) is 66.7 Å². The largest absolute Gasteiger partial charge is 0.508 e. The van der Waals surface area contributed by atoms with Crippen molar-refractivity contribution in [2.75, 3.05) is 31.6 Å². The predicted octanol–water partition coefficient (Wildman–Crippen LogP) is 3.93. The minimum absolute atomic E-state index is 0.105. The molecular formula is C79H91Cl3N10O25. The molecule has 11 bridgehead atoms. The second-order valence-electron chi connectivity index (χ2n) is 29.7. The van der Waals surface area contributed by atoms with Gasteiger partial charge in [0.25, 0.3) is 0 Å². The Balaban J connectivity index is 1.15. The van der Waals surface area contributed by atoms with Gasteiger partial charge in [-0.25, -0.2) is 0 Å². The fourth-order valence-electron chi connectivity index (χ4n) is 14.8. The van der Waals surface area contributed by atoms with Crippen LogP contribution in [-0.4, -0.2) is 214 Å². The van der Waals surface area contributed by atoms with Crippen molar-refractivity contribution in [3.63, 3.8) is 0 Å². The Hall–Kier alpha value is -10.4. The molecule has 628 valence electrons. The van der Waals surface area contributed by atoms with E-state index in [-0.39, 0.29) is 46.2 Å². The van der Waals surface area contributed by atoms with Crippen LogP contribution in [0.1, 0.15) is 132 Å². The van der Waals surface area contributed by atoms with E-state index in [2.05, 4.69) is 42.5 Å². The molecule has 117 heavy (non-hydrogen) atoms. The summed E-state index contributed by atoms with van der Waals surface area (Å²) in [7, 11) is 0. The first-order valence-electron chi connectivity index (χ1n) is 37.5. The van der Waals surface area contributed by atoms with Crippen LogP contribution in [0.4, 0.5) is 5.69 Å². The van der Waals surface area contributed by atoms with Gasteiger partial charge < -0.3 is 128 Å². The van der Waals surface area contributed by atoms with Gasteiger partial charge in [0.05, 0.1) is 40.8 Å². The molecular weight excluding hydrogens is 1600 g/mol. The van der Waals surface area contributed by atoms with E-state index in [1.165, 1.54) is 12.1 Å². The van der Waals surface area contributed by atoms with Crippen molar-refractivity contribution in [3.8, 4) is 57.1 Å². The van der Waals surface area contributed by atoms with Gasteiger partial charge in [0.1, 0.15) is 108 Å². The molecule has 0 aliphatic carbocycles. The molecule has 13 rings (SSSR count). The lowest BCUT2D eigenvalue weighted by molar-refractivity contribution is -0.332. The van der Waals surface area contributed by atoms with E-state index >= 15 is 24.0 Å². The third kappa shape index (κ3) is 19.8. The van der Waals surface area contributed by atoms with E-state index in [9.17, 15) is 70.2 Å². The molecule has 35 nitrogen and oxygen atoms in total. The van der Waals surface area contributed by atoms with Crippen molar-refractivity contribution < 1.29 is 123 Å². The maximum atomic E-state index is 16.3. The average Bonchev–Trinajstić information content (AvgIpc) is 0.764. The number of primary amides is 1. The van der Waals surface area contributed by atoms with Crippen LogP contribution < -0.4 is 62.5 Å². The monoisotopic (exact) mass is 1680 g/mol. The highest BCUT2D eigenvalue weighted by Crippen LogP contribution is 2.50. The van der Waals surface area contributed by atoms with E-state index in [0.29, 0.717) is 36.6 Å². The van der Waals surface area contributed by atoms with Gasteiger partial charge in [0, 0.05) is 34.3 Å². The van der Waals surface area contributed by atoms with Crippen LogP contribution >= 0.6 is 34.8 Å². The van der Waals surface area contributed by atoms with Crippen molar-refractivity contribution in [1.29, 1.82) is 0 Å². The van der Waals surface area contributed by atoms with E-state index in [1.54, 1.807) is 38.1 Å². The zero-order valence-electron chi connectivity index (χ0n) is 63.8. The highest BCUT2D eigenvalue weighted by molar-refractivity contribution is 6.32. The second-order valence-corrected chi connectivity index (χ2v) is 31.0. The number of carbonyl (C=O) groups excluding carboxylic acids is 8.